The van der Waals surface area contributed by atoms with Crippen LogP contribution in [0.15, 0.2) is 0 Å². The topological polar surface area (TPSA) is 87.7 Å². The summed E-state index contributed by atoms with van der Waals surface area (Å²) in [6, 6.07) is -0.0228. The minimum Gasteiger partial charge on any atom is -0.450 e. The van der Waals surface area contributed by atoms with Crippen LogP contribution in [0.2, 0.25) is 0 Å². The first kappa shape index (κ1) is 21.3. The fraction of sp³-hybridized carbons (Fsp3) is 0.833. The molecule has 0 aromatic heterocycles. The van der Waals surface area contributed by atoms with Crippen molar-refractivity contribution >= 4 is 17.9 Å². The highest BCUT2D eigenvalue weighted by Gasteiger charge is 2.37. The van der Waals surface area contributed by atoms with E-state index in [4.69, 9.17) is 4.74 Å². The predicted molar refractivity (Wildman–Crippen MR) is 96.1 cm³/mol. The third-order valence-corrected chi connectivity index (χ3v) is 4.56. The predicted octanol–water partition coefficient (Wildman–Crippen LogP) is 2.06. The molecule has 0 saturated carbocycles. The zero-order valence-corrected chi connectivity index (χ0v) is 16.0. The van der Waals surface area contributed by atoms with E-state index in [1.165, 1.54) is 0 Å². The smallest absolute Gasteiger partial charge is 0.409 e. The molecule has 1 aliphatic heterocycles. The van der Waals surface area contributed by atoms with Crippen LogP contribution >= 0.6 is 0 Å². The molecule has 1 saturated heterocycles. The molecule has 1 rings (SSSR count). The number of hydrogen-bond donors (Lipinski definition) is 2. The van der Waals surface area contributed by atoms with Crippen LogP contribution in [0.3, 0.4) is 0 Å². The van der Waals surface area contributed by atoms with Crippen molar-refractivity contribution in [2.24, 2.45) is 5.41 Å². The molecule has 0 bridgehead atoms. The van der Waals surface area contributed by atoms with E-state index in [1.54, 1.807) is 25.7 Å². The highest BCUT2D eigenvalue weighted by molar-refractivity contribution is 6.04. The van der Waals surface area contributed by atoms with Crippen molar-refractivity contribution in [3.8, 4) is 0 Å². The van der Waals surface area contributed by atoms with Crippen LogP contribution in [0.4, 0.5) is 4.79 Å². The number of unbranched alkanes of at least 4 members (excludes halogenated alkanes) is 2. The lowest BCUT2D eigenvalue weighted by atomic mass is 9.90. The van der Waals surface area contributed by atoms with Gasteiger partial charge < -0.3 is 20.3 Å². The number of likely N-dealkylation sites (tertiary alicyclic amines) is 1. The van der Waals surface area contributed by atoms with Gasteiger partial charge in [-0.3, -0.25) is 9.59 Å². The highest BCUT2D eigenvalue weighted by atomic mass is 16.6. The molecule has 2 N–H and O–H groups in total. The van der Waals surface area contributed by atoms with Gasteiger partial charge in [0.05, 0.1) is 6.61 Å². The molecular weight excluding hydrogens is 322 g/mol. The SMILES string of the molecule is CCCCCNC(=O)C(C)(C)C(=O)NC1CCN(C(=O)OCC)CC1. The van der Waals surface area contributed by atoms with E-state index in [0.717, 1.165) is 19.3 Å². The fourth-order valence-corrected chi connectivity index (χ4v) is 2.69. The highest BCUT2D eigenvalue weighted by Crippen LogP contribution is 2.18. The first-order chi connectivity index (χ1) is 11.8. The molecule has 25 heavy (non-hydrogen) atoms. The third kappa shape index (κ3) is 6.55. The van der Waals surface area contributed by atoms with Crippen molar-refractivity contribution in [2.45, 2.75) is 65.8 Å². The summed E-state index contributed by atoms with van der Waals surface area (Å²) < 4.78 is 4.98. The molecule has 3 amide bonds. The van der Waals surface area contributed by atoms with Crippen molar-refractivity contribution in [1.29, 1.82) is 0 Å². The maximum atomic E-state index is 12.5. The summed E-state index contributed by atoms with van der Waals surface area (Å²) >= 11 is 0. The van der Waals surface area contributed by atoms with E-state index in [-0.39, 0.29) is 23.9 Å². The number of carbonyl (C=O) groups excluding carboxylic acids is 3. The van der Waals surface area contributed by atoms with Crippen molar-refractivity contribution in [3.05, 3.63) is 0 Å². The minimum absolute atomic E-state index is 0.0228. The van der Waals surface area contributed by atoms with E-state index in [9.17, 15) is 14.4 Å². The van der Waals surface area contributed by atoms with Crippen LogP contribution in [0.25, 0.3) is 0 Å². The molecule has 0 aliphatic carbocycles. The number of piperidine rings is 1. The Bertz CT molecular complexity index is 457. The van der Waals surface area contributed by atoms with Crippen LogP contribution < -0.4 is 10.6 Å². The van der Waals surface area contributed by atoms with Gasteiger partial charge in [0.25, 0.3) is 0 Å². The molecule has 0 spiro atoms. The lowest BCUT2D eigenvalue weighted by Crippen LogP contribution is -2.53. The lowest BCUT2D eigenvalue weighted by Gasteiger charge is -2.33. The summed E-state index contributed by atoms with van der Waals surface area (Å²) in [4.78, 5) is 38.1. The second kappa shape index (κ2) is 10.3. The summed E-state index contributed by atoms with van der Waals surface area (Å²) in [6.45, 7) is 9.22. The van der Waals surface area contributed by atoms with Gasteiger partial charge in [-0.25, -0.2) is 4.79 Å². The Balaban J connectivity index is 2.42. The number of carbonyl (C=O) groups is 3. The number of nitrogens with zero attached hydrogens (tertiary/aromatic N) is 1. The Morgan fingerprint density at radius 3 is 2.28 bits per heavy atom. The molecule has 144 valence electrons. The van der Waals surface area contributed by atoms with E-state index in [0.29, 0.717) is 39.1 Å². The van der Waals surface area contributed by atoms with Gasteiger partial charge in [-0.1, -0.05) is 19.8 Å². The van der Waals surface area contributed by atoms with Gasteiger partial charge in [0, 0.05) is 25.7 Å². The molecule has 0 atom stereocenters. The number of hydrogen-bond acceptors (Lipinski definition) is 4. The van der Waals surface area contributed by atoms with Crippen molar-refractivity contribution in [3.63, 3.8) is 0 Å². The van der Waals surface area contributed by atoms with Crippen molar-refractivity contribution < 1.29 is 19.1 Å². The van der Waals surface area contributed by atoms with Crippen LogP contribution in [-0.2, 0) is 14.3 Å². The molecule has 7 heteroatoms. The largest absolute Gasteiger partial charge is 0.450 e. The second-order valence-corrected chi connectivity index (χ2v) is 7.02. The van der Waals surface area contributed by atoms with Gasteiger partial charge in [-0.2, -0.15) is 0 Å². The average molecular weight is 355 g/mol. The number of ether oxygens (including phenoxy) is 1. The zero-order chi connectivity index (χ0) is 18.9. The summed E-state index contributed by atoms with van der Waals surface area (Å²) in [5, 5.41) is 5.80. The Morgan fingerprint density at radius 2 is 1.72 bits per heavy atom. The van der Waals surface area contributed by atoms with E-state index in [1.807, 2.05) is 0 Å². The first-order valence-electron chi connectivity index (χ1n) is 9.33. The lowest BCUT2D eigenvalue weighted by molar-refractivity contribution is -0.141. The van der Waals surface area contributed by atoms with Gasteiger partial charge in [-0.15, -0.1) is 0 Å². The average Bonchev–Trinajstić information content (AvgIpc) is 2.59. The standard InChI is InChI=1S/C18H33N3O4/c1-5-7-8-11-19-15(22)18(3,4)16(23)20-14-9-12-21(13-10-14)17(24)25-6-2/h14H,5-13H2,1-4H3,(H,19,22)(H,20,23). The van der Waals surface area contributed by atoms with Crippen molar-refractivity contribution in [2.75, 3.05) is 26.2 Å². The first-order valence-corrected chi connectivity index (χ1v) is 9.33. The van der Waals surface area contributed by atoms with E-state index < -0.39 is 5.41 Å². The van der Waals surface area contributed by atoms with Gasteiger partial charge in [0.2, 0.25) is 11.8 Å². The number of amides is 3. The van der Waals surface area contributed by atoms with Gasteiger partial charge in [0.1, 0.15) is 5.41 Å². The molecule has 1 fully saturated rings. The van der Waals surface area contributed by atoms with Crippen LogP contribution in [0.5, 0.6) is 0 Å². The van der Waals surface area contributed by atoms with Gasteiger partial charge >= 0.3 is 6.09 Å². The summed E-state index contributed by atoms with van der Waals surface area (Å²) in [6.07, 6.45) is 4.10. The Kier molecular flexibility index (Phi) is 8.72. The molecular formula is C18H33N3O4. The maximum absolute atomic E-state index is 12.5. The molecule has 0 aromatic rings. The third-order valence-electron chi connectivity index (χ3n) is 4.56. The van der Waals surface area contributed by atoms with E-state index in [2.05, 4.69) is 17.6 Å². The van der Waals surface area contributed by atoms with Crippen molar-refractivity contribution in [1.82, 2.24) is 15.5 Å². The van der Waals surface area contributed by atoms with Crippen LogP contribution in [-0.4, -0.2) is 55.1 Å². The Morgan fingerprint density at radius 1 is 1.08 bits per heavy atom. The van der Waals surface area contributed by atoms with Gasteiger partial charge in [-0.05, 0) is 40.0 Å². The minimum atomic E-state index is -1.11. The Labute approximate surface area is 150 Å². The maximum Gasteiger partial charge on any atom is 0.409 e. The van der Waals surface area contributed by atoms with Crippen LogP contribution in [0, 0.1) is 5.41 Å². The quantitative estimate of drug-likeness (QED) is 0.515. The molecule has 0 unspecified atom stereocenters. The summed E-state index contributed by atoms with van der Waals surface area (Å²) in [5.41, 5.74) is -1.11. The molecule has 7 nitrogen and oxygen atoms in total. The summed E-state index contributed by atoms with van der Waals surface area (Å²) in [7, 11) is 0. The summed E-state index contributed by atoms with van der Waals surface area (Å²) in [5.74, 6) is -0.514. The fourth-order valence-electron chi connectivity index (χ4n) is 2.69. The normalized spacial score (nSPS) is 15.6. The second-order valence-electron chi connectivity index (χ2n) is 7.02. The van der Waals surface area contributed by atoms with E-state index >= 15 is 0 Å². The molecule has 0 radical (unpaired) electrons. The number of rotatable bonds is 8. The monoisotopic (exact) mass is 355 g/mol. The van der Waals surface area contributed by atoms with Gasteiger partial charge in [0.15, 0.2) is 0 Å². The molecule has 0 aromatic carbocycles. The number of nitrogens with one attached hydrogen (secondary N) is 2. The van der Waals surface area contributed by atoms with Crippen LogP contribution in [0.1, 0.15) is 59.8 Å². The molecule has 1 heterocycles. The Hall–Kier alpha value is -1.79. The zero-order valence-electron chi connectivity index (χ0n) is 16.0. The molecule has 1 aliphatic rings.